The Labute approximate surface area is 186 Å². The predicted molar refractivity (Wildman–Crippen MR) is 120 cm³/mol. The number of ether oxygens (including phenoxy) is 3. The number of carbonyl (C=O) groups excluding carboxylic acids is 1. The molecule has 1 aliphatic rings. The molecule has 0 saturated carbocycles. The highest BCUT2D eigenvalue weighted by Gasteiger charge is 2.24. The van der Waals surface area contributed by atoms with Gasteiger partial charge in [-0.15, -0.1) is 0 Å². The third kappa shape index (κ3) is 4.19. The van der Waals surface area contributed by atoms with Crippen LogP contribution >= 0.6 is 0 Å². The number of sulfonamides is 1. The van der Waals surface area contributed by atoms with Gasteiger partial charge in [-0.1, -0.05) is 12.1 Å². The fourth-order valence-electron chi connectivity index (χ4n) is 3.28. The minimum Gasteiger partial charge on any atom is -0.495 e. The first-order valence-corrected chi connectivity index (χ1v) is 11.3. The lowest BCUT2D eigenvalue weighted by molar-refractivity contribution is 0.102. The molecule has 0 fully saturated rings. The molecule has 0 aliphatic carbocycles. The van der Waals surface area contributed by atoms with Gasteiger partial charge < -0.3 is 19.5 Å². The number of para-hydroxylation sites is 2. The molecule has 32 heavy (non-hydrogen) atoms. The van der Waals surface area contributed by atoms with E-state index in [0.29, 0.717) is 47.4 Å². The van der Waals surface area contributed by atoms with Crippen molar-refractivity contribution in [2.24, 2.45) is 0 Å². The van der Waals surface area contributed by atoms with Crippen LogP contribution in [0.15, 0.2) is 71.6 Å². The summed E-state index contributed by atoms with van der Waals surface area (Å²) in [6.45, 7) is 0.934. The molecule has 0 atom stereocenters. The highest BCUT2D eigenvalue weighted by Crippen LogP contribution is 2.33. The monoisotopic (exact) mass is 454 g/mol. The number of methoxy groups -OCH3 is 1. The molecular formula is C23H22N2O6S. The van der Waals surface area contributed by atoms with Gasteiger partial charge in [0.05, 0.1) is 17.7 Å². The average Bonchev–Trinajstić information content (AvgIpc) is 2.83. The first kappa shape index (κ1) is 21.5. The second-order valence-corrected chi connectivity index (χ2v) is 8.95. The van der Waals surface area contributed by atoms with Crippen molar-refractivity contribution in [3.8, 4) is 17.2 Å². The number of amides is 1. The number of rotatable bonds is 6. The predicted octanol–water partition coefficient (Wildman–Crippen LogP) is 3.54. The molecule has 0 spiro atoms. The Bertz CT molecular complexity index is 1240. The Morgan fingerprint density at radius 3 is 2.38 bits per heavy atom. The SMILES string of the molecule is COc1ccccc1N(C)S(=O)(=O)c1ccc(C(=O)Nc2ccc3c(c2)OCCO3)cc1. The lowest BCUT2D eigenvalue weighted by Crippen LogP contribution is -2.27. The molecular weight excluding hydrogens is 432 g/mol. The molecule has 1 aliphatic heterocycles. The molecule has 8 nitrogen and oxygen atoms in total. The summed E-state index contributed by atoms with van der Waals surface area (Å²) in [5, 5.41) is 2.78. The van der Waals surface area contributed by atoms with Crippen molar-refractivity contribution in [3.05, 3.63) is 72.3 Å². The van der Waals surface area contributed by atoms with Gasteiger partial charge in [0.2, 0.25) is 0 Å². The molecule has 1 heterocycles. The van der Waals surface area contributed by atoms with E-state index < -0.39 is 10.0 Å². The number of anilines is 2. The van der Waals surface area contributed by atoms with Gasteiger partial charge in [-0.2, -0.15) is 0 Å². The summed E-state index contributed by atoms with van der Waals surface area (Å²) in [5.41, 5.74) is 1.28. The maximum atomic E-state index is 13.1. The molecule has 0 bridgehead atoms. The Morgan fingerprint density at radius 1 is 0.969 bits per heavy atom. The van der Waals surface area contributed by atoms with Crippen LogP contribution in [-0.2, 0) is 10.0 Å². The number of fused-ring (bicyclic) bond motifs is 1. The maximum absolute atomic E-state index is 13.1. The fourth-order valence-corrected chi connectivity index (χ4v) is 4.49. The summed E-state index contributed by atoms with van der Waals surface area (Å²) >= 11 is 0. The Kier molecular flexibility index (Phi) is 5.91. The van der Waals surface area contributed by atoms with Crippen LogP contribution in [0, 0.1) is 0 Å². The summed E-state index contributed by atoms with van der Waals surface area (Å²) in [7, 11) is -0.910. The quantitative estimate of drug-likeness (QED) is 0.612. The van der Waals surface area contributed by atoms with Crippen molar-refractivity contribution in [1.82, 2.24) is 0 Å². The van der Waals surface area contributed by atoms with Crippen molar-refractivity contribution < 1.29 is 27.4 Å². The number of hydrogen-bond donors (Lipinski definition) is 1. The van der Waals surface area contributed by atoms with Crippen molar-refractivity contribution in [2.75, 3.05) is 37.0 Å². The molecule has 0 aromatic heterocycles. The molecule has 0 radical (unpaired) electrons. The molecule has 3 aromatic rings. The van der Waals surface area contributed by atoms with E-state index in [2.05, 4.69) is 5.32 Å². The van der Waals surface area contributed by atoms with E-state index in [1.165, 1.54) is 38.4 Å². The van der Waals surface area contributed by atoms with Gasteiger partial charge in [0.1, 0.15) is 19.0 Å². The van der Waals surface area contributed by atoms with Crippen LogP contribution in [-0.4, -0.2) is 41.7 Å². The number of nitrogens with one attached hydrogen (secondary N) is 1. The van der Waals surface area contributed by atoms with Crippen molar-refractivity contribution >= 4 is 27.3 Å². The first-order valence-electron chi connectivity index (χ1n) is 9.83. The second-order valence-electron chi connectivity index (χ2n) is 6.98. The van der Waals surface area contributed by atoms with Gasteiger partial charge in [-0.05, 0) is 48.5 Å². The van der Waals surface area contributed by atoms with Crippen LogP contribution < -0.4 is 23.8 Å². The van der Waals surface area contributed by atoms with E-state index in [9.17, 15) is 13.2 Å². The number of nitrogens with zero attached hydrogens (tertiary/aromatic N) is 1. The van der Waals surface area contributed by atoms with Gasteiger partial charge >= 0.3 is 0 Å². The molecule has 9 heteroatoms. The molecule has 0 unspecified atom stereocenters. The summed E-state index contributed by atoms with van der Waals surface area (Å²) < 4.78 is 43.5. The number of carbonyl (C=O) groups is 1. The first-order chi connectivity index (χ1) is 15.4. The molecule has 4 rings (SSSR count). The van der Waals surface area contributed by atoms with Gasteiger partial charge in [0.15, 0.2) is 11.5 Å². The van der Waals surface area contributed by atoms with E-state index in [1.54, 1.807) is 42.5 Å². The van der Waals surface area contributed by atoms with Gasteiger partial charge in [0.25, 0.3) is 15.9 Å². The number of benzene rings is 3. The Morgan fingerprint density at radius 2 is 1.66 bits per heavy atom. The minimum absolute atomic E-state index is 0.0572. The molecule has 166 valence electrons. The smallest absolute Gasteiger partial charge is 0.264 e. The van der Waals surface area contributed by atoms with Crippen molar-refractivity contribution in [3.63, 3.8) is 0 Å². The van der Waals surface area contributed by atoms with E-state index in [-0.39, 0.29) is 10.8 Å². The molecule has 3 aromatic carbocycles. The highest BCUT2D eigenvalue weighted by atomic mass is 32.2. The second kappa shape index (κ2) is 8.80. The van der Waals surface area contributed by atoms with Crippen LogP contribution in [0.5, 0.6) is 17.2 Å². The zero-order valence-electron chi connectivity index (χ0n) is 17.6. The standard InChI is InChI=1S/C23H22N2O6S/c1-25(19-5-3-4-6-20(19)29-2)32(27,28)18-10-7-16(8-11-18)23(26)24-17-9-12-21-22(15-17)31-14-13-30-21/h3-12,15H,13-14H2,1-2H3,(H,24,26). The van der Waals surface area contributed by atoms with Crippen LogP contribution in [0.1, 0.15) is 10.4 Å². The lowest BCUT2D eigenvalue weighted by Gasteiger charge is -2.21. The van der Waals surface area contributed by atoms with Crippen LogP contribution in [0.25, 0.3) is 0 Å². The summed E-state index contributed by atoms with van der Waals surface area (Å²) in [6, 6.07) is 17.7. The molecule has 1 amide bonds. The van der Waals surface area contributed by atoms with Crippen molar-refractivity contribution in [1.29, 1.82) is 0 Å². The van der Waals surface area contributed by atoms with Crippen LogP contribution in [0.4, 0.5) is 11.4 Å². The van der Waals surface area contributed by atoms with Gasteiger partial charge in [-0.25, -0.2) is 8.42 Å². The van der Waals surface area contributed by atoms with Crippen LogP contribution in [0.2, 0.25) is 0 Å². The molecule has 0 saturated heterocycles. The zero-order valence-corrected chi connectivity index (χ0v) is 18.4. The van der Waals surface area contributed by atoms with Gasteiger partial charge in [-0.3, -0.25) is 9.10 Å². The lowest BCUT2D eigenvalue weighted by atomic mass is 10.2. The summed E-state index contributed by atoms with van der Waals surface area (Å²) in [5.74, 6) is 1.26. The van der Waals surface area contributed by atoms with E-state index >= 15 is 0 Å². The summed E-state index contributed by atoms with van der Waals surface area (Å²) in [4.78, 5) is 12.7. The average molecular weight is 455 g/mol. The highest BCUT2D eigenvalue weighted by molar-refractivity contribution is 7.92. The topological polar surface area (TPSA) is 94.2 Å². The Hall–Kier alpha value is -3.72. The fraction of sp³-hybridized carbons (Fsp3) is 0.174. The molecule has 1 N–H and O–H groups in total. The van der Waals surface area contributed by atoms with Crippen molar-refractivity contribution in [2.45, 2.75) is 4.90 Å². The Balaban J connectivity index is 1.51. The van der Waals surface area contributed by atoms with Crippen LogP contribution in [0.3, 0.4) is 0 Å². The van der Waals surface area contributed by atoms with E-state index in [4.69, 9.17) is 14.2 Å². The minimum atomic E-state index is -3.85. The normalized spacial score (nSPS) is 12.7. The summed E-state index contributed by atoms with van der Waals surface area (Å²) in [6.07, 6.45) is 0. The third-order valence-electron chi connectivity index (χ3n) is 5.00. The van der Waals surface area contributed by atoms with E-state index in [1.807, 2.05) is 0 Å². The third-order valence-corrected chi connectivity index (χ3v) is 6.79. The largest absolute Gasteiger partial charge is 0.495 e. The van der Waals surface area contributed by atoms with Gasteiger partial charge in [0, 0.05) is 24.4 Å². The zero-order chi connectivity index (χ0) is 22.7. The maximum Gasteiger partial charge on any atom is 0.264 e. The van der Waals surface area contributed by atoms with E-state index in [0.717, 1.165) is 4.31 Å². The number of hydrogen-bond acceptors (Lipinski definition) is 6.